The van der Waals surface area contributed by atoms with Crippen molar-refractivity contribution in [2.75, 3.05) is 23.7 Å². The van der Waals surface area contributed by atoms with Gasteiger partial charge in [-0.1, -0.05) is 6.92 Å². The van der Waals surface area contributed by atoms with E-state index in [0.29, 0.717) is 17.2 Å². The molecule has 2 saturated carbocycles. The average molecular weight is 291 g/mol. The Morgan fingerprint density at radius 3 is 2.76 bits per heavy atom. The van der Waals surface area contributed by atoms with E-state index in [-0.39, 0.29) is 5.69 Å². The van der Waals surface area contributed by atoms with Crippen LogP contribution in [0.15, 0.2) is 6.20 Å². The Bertz CT molecular complexity index is 540. The first-order chi connectivity index (χ1) is 10.1. The minimum Gasteiger partial charge on any atom is -0.364 e. The maximum Gasteiger partial charge on any atom is 0.329 e. The summed E-state index contributed by atoms with van der Waals surface area (Å²) < 4.78 is 0. The van der Waals surface area contributed by atoms with E-state index in [1.165, 1.54) is 31.9 Å². The summed E-state index contributed by atoms with van der Waals surface area (Å²) in [6.07, 6.45) is 7.29. The van der Waals surface area contributed by atoms with E-state index >= 15 is 0 Å². The fraction of sp³-hybridized carbons (Fsp3) is 0.714. The third-order valence-corrected chi connectivity index (χ3v) is 4.44. The first kappa shape index (κ1) is 14.0. The third-order valence-electron chi connectivity index (χ3n) is 4.44. The third kappa shape index (κ3) is 3.06. The molecule has 2 fully saturated rings. The van der Waals surface area contributed by atoms with E-state index in [1.807, 2.05) is 6.92 Å². The number of rotatable bonds is 8. The Balaban J connectivity index is 1.72. The van der Waals surface area contributed by atoms with Crippen LogP contribution in [0.5, 0.6) is 0 Å². The Hall–Kier alpha value is -1.92. The molecule has 2 N–H and O–H groups in total. The second-order valence-electron chi connectivity index (χ2n) is 6.10. The van der Waals surface area contributed by atoms with Crippen molar-refractivity contribution in [2.45, 2.75) is 39.0 Å². The minimum absolute atomic E-state index is 0.0522. The topological polar surface area (TPSA) is 93.0 Å². The summed E-state index contributed by atoms with van der Waals surface area (Å²) in [5.74, 6) is 1.59. The number of nitro groups is 1. The van der Waals surface area contributed by atoms with Crippen LogP contribution in [-0.4, -0.2) is 28.0 Å². The van der Waals surface area contributed by atoms with E-state index in [4.69, 9.17) is 0 Å². The molecule has 0 amide bonds. The minimum atomic E-state index is -0.428. The Labute approximate surface area is 123 Å². The molecular formula is C14H21N5O2. The van der Waals surface area contributed by atoms with Crippen molar-refractivity contribution in [3.05, 3.63) is 16.3 Å². The molecule has 1 aromatic heterocycles. The average Bonchev–Trinajstić information content (AvgIpc) is 3.35. The number of anilines is 2. The smallest absolute Gasteiger partial charge is 0.329 e. The summed E-state index contributed by atoms with van der Waals surface area (Å²) in [4.78, 5) is 18.9. The van der Waals surface area contributed by atoms with Gasteiger partial charge in [0.25, 0.3) is 0 Å². The summed E-state index contributed by atoms with van der Waals surface area (Å²) in [6, 6.07) is 0. The fourth-order valence-corrected chi connectivity index (χ4v) is 2.81. The molecule has 0 bridgehead atoms. The van der Waals surface area contributed by atoms with Gasteiger partial charge in [0.2, 0.25) is 11.8 Å². The summed E-state index contributed by atoms with van der Waals surface area (Å²) >= 11 is 0. The van der Waals surface area contributed by atoms with Crippen molar-refractivity contribution >= 4 is 17.5 Å². The fourth-order valence-electron chi connectivity index (χ4n) is 2.81. The lowest BCUT2D eigenvalue weighted by molar-refractivity contribution is -0.384. The molecular weight excluding hydrogens is 270 g/mol. The van der Waals surface area contributed by atoms with Gasteiger partial charge >= 0.3 is 5.69 Å². The lowest BCUT2D eigenvalue weighted by Crippen LogP contribution is -2.19. The van der Waals surface area contributed by atoms with Crippen molar-refractivity contribution in [1.82, 2.24) is 9.97 Å². The maximum absolute atomic E-state index is 11.1. The maximum atomic E-state index is 11.1. The zero-order valence-corrected chi connectivity index (χ0v) is 12.3. The van der Waals surface area contributed by atoms with E-state index in [9.17, 15) is 10.1 Å². The van der Waals surface area contributed by atoms with E-state index in [2.05, 4.69) is 20.6 Å². The Morgan fingerprint density at radius 2 is 2.19 bits per heavy atom. The van der Waals surface area contributed by atoms with E-state index < -0.39 is 4.92 Å². The molecule has 0 spiro atoms. The van der Waals surface area contributed by atoms with Crippen molar-refractivity contribution in [1.29, 1.82) is 0 Å². The zero-order valence-electron chi connectivity index (χ0n) is 12.3. The van der Waals surface area contributed by atoms with Crippen LogP contribution < -0.4 is 10.6 Å². The summed E-state index contributed by atoms with van der Waals surface area (Å²) in [5.41, 5.74) is 0.319. The van der Waals surface area contributed by atoms with Gasteiger partial charge < -0.3 is 10.6 Å². The highest BCUT2D eigenvalue weighted by Gasteiger charge is 2.53. The largest absolute Gasteiger partial charge is 0.364 e. The predicted molar refractivity (Wildman–Crippen MR) is 80.3 cm³/mol. The molecule has 3 rings (SSSR count). The summed E-state index contributed by atoms with van der Waals surface area (Å²) in [6.45, 7) is 3.58. The van der Waals surface area contributed by atoms with Gasteiger partial charge in [-0.15, -0.1) is 0 Å². The first-order valence-corrected chi connectivity index (χ1v) is 7.64. The van der Waals surface area contributed by atoms with E-state index in [1.54, 1.807) is 0 Å². The van der Waals surface area contributed by atoms with Crippen LogP contribution in [-0.2, 0) is 0 Å². The lowest BCUT2D eigenvalue weighted by Gasteiger charge is -2.15. The van der Waals surface area contributed by atoms with Crippen LogP contribution in [0.4, 0.5) is 17.5 Å². The van der Waals surface area contributed by atoms with Crippen molar-refractivity contribution in [3.8, 4) is 0 Å². The molecule has 2 aliphatic carbocycles. The quantitative estimate of drug-likeness (QED) is 0.565. The monoisotopic (exact) mass is 291 g/mol. The highest BCUT2D eigenvalue weighted by molar-refractivity contribution is 5.57. The van der Waals surface area contributed by atoms with Crippen LogP contribution in [0.3, 0.4) is 0 Å². The lowest BCUT2D eigenvalue weighted by atomic mass is 10.0. The van der Waals surface area contributed by atoms with Crippen LogP contribution in [0, 0.1) is 21.4 Å². The van der Waals surface area contributed by atoms with Crippen LogP contribution in [0.25, 0.3) is 0 Å². The molecule has 1 aromatic rings. The standard InChI is InChI=1S/C14H21N5O2/c1-2-7-15-13-16-8-11(19(20)21)12(18-13)17-9-14(5-6-14)10-3-4-10/h8,10H,2-7,9H2,1H3,(H2,15,16,17,18). The predicted octanol–water partition coefficient (Wildman–Crippen LogP) is 2.81. The molecule has 1 heterocycles. The second-order valence-corrected chi connectivity index (χ2v) is 6.10. The van der Waals surface area contributed by atoms with Crippen molar-refractivity contribution in [2.24, 2.45) is 11.3 Å². The van der Waals surface area contributed by atoms with Gasteiger partial charge in [0.05, 0.1) is 4.92 Å². The summed E-state index contributed by atoms with van der Waals surface area (Å²) in [5, 5.41) is 17.4. The Morgan fingerprint density at radius 1 is 1.43 bits per heavy atom. The number of aromatic nitrogens is 2. The molecule has 2 aliphatic rings. The highest BCUT2D eigenvalue weighted by Crippen LogP contribution is 2.61. The number of hydrogen-bond acceptors (Lipinski definition) is 6. The first-order valence-electron chi connectivity index (χ1n) is 7.64. The molecule has 0 aromatic carbocycles. The molecule has 0 unspecified atom stereocenters. The van der Waals surface area contributed by atoms with Gasteiger partial charge in [-0.3, -0.25) is 10.1 Å². The number of nitrogens with one attached hydrogen (secondary N) is 2. The van der Waals surface area contributed by atoms with E-state index in [0.717, 1.165) is 25.4 Å². The van der Waals surface area contributed by atoms with Crippen molar-refractivity contribution < 1.29 is 4.92 Å². The molecule has 0 atom stereocenters. The van der Waals surface area contributed by atoms with Gasteiger partial charge in [-0.25, -0.2) is 4.98 Å². The van der Waals surface area contributed by atoms with Gasteiger partial charge in [-0.2, -0.15) is 4.98 Å². The van der Waals surface area contributed by atoms with Gasteiger partial charge in [0.15, 0.2) is 0 Å². The highest BCUT2D eigenvalue weighted by atomic mass is 16.6. The van der Waals surface area contributed by atoms with Gasteiger partial charge in [0.1, 0.15) is 6.20 Å². The normalized spacial score (nSPS) is 19.1. The molecule has 0 aliphatic heterocycles. The SMILES string of the molecule is CCCNc1ncc([N+](=O)[O-])c(NCC2(C3CC3)CC2)n1. The second kappa shape index (κ2) is 5.46. The molecule has 114 valence electrons. The molecule has 0 saturated heterocycles. The summed E-state index contributed by atoms with van der Waals surface area (Å²) in [7, 11) is 0. The molecule has 7 heteroatoms. The molecule has 21 heavy (non-hydrogen) atoms. The van der Waals surface area contributed by atoms with Crippen LogP contribution in [0.2, 0.25) is 0 Å². The van der Waals surface area contributed by atoms with Gasteiger partial charge in [0, 0.05) is 13.1 Å². The Kier molecular flexibility index (Phi) is 3.65. The van der Waals surface area contributed by atoms with Crippen molar-refractivity contribution in [3.63, 3.8) is 0 Å². The zero-order chi connectivity index (χ0) is 14.9. The van der Waals surface area contributed by atoms with Gasteiger partial charge in [-0.05, 0) is 43.4 Å². The molecule has 0 radical (unpaired) electrons. The number of hydrogen-bond donors (Lipinski definition) is 2. The van der Waals surface area contributed by atoms with Crippen LogP contribution in [0.1, 0.15) is 39.0 Å². The number of nitrogens with zero attached hydrogens (tertiary/aromatic N) is 3. The molecule has 7 nitrogen and oxygen atoms in total. The van der Waals surface area contributed by atoms with Crippen LogP contribution >= 0.6 is 0 Å².